The first-order valence-electron chi connectivity index (χ1n) is 4.03. The van der Waals surface area contributed by atoms with Gasteiger partial charge in [0.25, 0.3) is 0 Å². The Morgan fingerprint density at radius 2 is 2.36 bits per heavy atom. The van der Waals surface area contributed by atoms with Gasteiger partial charge in [-0.25, -0.2) is 9.37 Å². The Bertz CT molecular complexity index is 469. The minimum atomic E-state index is -0.461. The summed E-state index contributed by atoms with van der Waals surface area (Å²) in [6.07, 6.45) is 0. The van der Waals surface area contributed by atoms with Crippen LogP contribution in [0.25, 0.3) is 11.0 Å². The van der Waals surface area contributed by atoms with E-state index in [4.69, 9.17) is 16.3 Å². The van der Waals surface area contributed by atoms with Gasteiger partial charge in [-0.2, -0.15) is 0 Å². The highest BCUT2D eigenvalue weighted by Crippen LogP contribution is 2.24. The molecule has 0 spiro atoms. The highest BCUT2D eigenvalue weighted by atomic mass is 35.5. The average molecular weight is 215 g/mol. The quantitative estimate of drug-likeness (QED) is 0.780. The number of aromatic nitrogens is 2. The molecular formula is C9H8ClFN2O. The van der Waals surface area contributed by atoms with Gasteiger partial charge in [-0.05, 0) is 12.1 Å². The van der Waals surface area contributed by atoms with Crippen molar-refractivity contribution in [3.8, 4) is 5.75 Å². The molecule has 0 aliphatic carbocycles. The van der Waals surface area contributed by atoms with Crippen molar-refractivity contribution >= 4 is 22.6 Å². The molecule has 0 fully saturated rings. The van der Waals surface area contributed by atoms with E-state index in [9.17, 15) is 4.39 Å². The van der Waals surface area contributed by atoms with Gasteiger partial charge in [0.05, 0.1) is 18.5 Å². The smallest absolute Gasteiger partial charge is 0.192 e. The number of aromatic amines is 1. The summed E-state index contributed by atoms with van der Waals surface area (Å²) in [4.78, 5) is 6.90. The summed E-state index contributed by atoms with van der Waals surface area (Å²) in [5, 5.41) is 0. The molecule has 1 aromatic heterocycles. The Morgan fingerprint density at radius 1 is 1.57 bits per heavy atom. The third kappa shape index (κ3) is 1.32. The molecule has 5 heteroatoms. The molecule has 0 saturated heterocycles. The van der Waals surface area contributed by atoms with E-state index < -0.39 is 5.82 Å². The highest BCUT2D eigenvalue weighted by molar-refractivity contribution is 6.16. The fourth-order valence-corrected chi connectivity index (χ4v) is 1.42. The minimum absolute atomic E-state index is 0.185. The maximum atomic E-state index is 13.6. The van der Waals surface area contributed by atoms with E-state index >= 15 is 0 Å². The lowest BCUT2D eigenvalue weighted by molar-refractivity contribution is 0.388. The van der Waals surface area contributed by atoms with Gasteiger partial charge in [-0.15, -0.1) is 11.6 Å². The molecule has 0 amide bonds. The number of methoxy groups -OCH3 is 1. The monoisotopic (exact) mass is 214 g/mol. The standard InChI is InChI=1S/C9H8ClFN2O/c1-14-6-3-2-5-9(8(6)11)13-7(4-10)12-5/h2-3H,4H2,1H3,(H,12,13). The fraction of sp³-hybridized carbons (Fsp3) is 0.222. The summed E-state index contributed by atoms with van der Waals surface area (Å²) in [5.41, 5.74) is 0.888. The lowest BCUT2D eigenvalue weighted by Crippen LogP contribution is -1.88. The van der Waals surface area contributed by atoms with Crippen LogP contribution in [0.2, 0.25) is 0 Å². The fourth-order valence-electron chi connectivity index (χ4n) is 1.30. The number of alkyl halides is 1. The molecule has 0 bridgehead atoms. The van der Waals surface area contributed by atoms with Crippen molar-refractivity contribution in [2.45, 2.75) is 5.88 Å². The van der Waals surface area contributed by atoms with Crippen molar-refractivity contribution < 1.29 is 9.13 Å². The van der Waals surface area contributed by atoms with Gasteiger partial charge >= 0.3 is 0 Å². The normalized spacial score (nSPS) is 10.8. The van der Waals surface area contributed by atoms with Crippen molar-refractivity contribution in [3.05, 3.63) is 23.8 Å². The molecule has 74 valence electrons. The molecule has 2 rings (SSSR count). The summed E-state index contributed by atoms with van der Waals surface area (Å²) in [5.74, 6) is 0.507. The first-order chi connectivity index (χ1) is 6.76. The van der Waals surface area contributed by atoms with E-state index in [-0.39, 0.29) is 17.1 Å². The first-order valence-corrected chi connectivity index (χ1v) is 4.56. The number of fused-ring (bicyclic) bond motifs is 1. The third-order valence-electron chi connectivity index (χ3n) is 1.95. The van der Waals surface area contributed by atoms with E-state index in [1.807, 2.05) is 0 Å². The molecule has 0 atom stereocenters. The molecular weight excluding hydrogens is 207 g/mol. The van der Waals surface area contributed by atoms with Crippen molar-refractivity contribution in [1.82, 2.24) is 9.97 Å². The number of benzene rings is 1. The SMILES string of the molecule is COc1ccc2[nH]c(CCl)nc2c1F. The Hall–Kier alpha value is -1.29. The van der Waals surface area contributed by atoms with Crippen LogP contribution in [0.5, 0.6) is 5.75 Å². The van der Waals surface area contributed by atoms with E-state index in [1.165, 1.54) is 7.11 Å². The number of halogens is 2. The van der Waals surface area contributed by atoms with Gasteiger partial charge in [-0.1, -0.05) is 0 Å². The first kappa shape index (κ1) is 9.27. The van der Waals surface area contributed by atoms with Gasteiger partial charge in [0, 0.05) is 0 Å². The molecule has 1 heterocycles. The third-order valence-corrected chi connectivity index (χ3v) is 2.21. The van der Waals surface area contributed by atoms with Gasteiger partial charge in [-0.3, -0.25) is 0 Å². The van der Waals surface area contributed by atoms with Crippen LogP contribution in [0.4, 0.5) is 4.39 Å². The second kappa shape index (κ2) is 3.46. The van der Waals surface area contributed by atoms with Gasteiger partial charge in [0.15, 0.2) is 11.6 Å². The maximum Gasteiger partial charge on any atom is 0.192 e. The molecule has 14 heavy (non-hydrogen) atoms. The highest BCUT2D eigenvalue weighted by Gasteiger charge is 2.11. The number of H-pyrrole nitrogens is 1. The van der Waals surface area contributed by atoms with Gasteiger partial charge in [0.1, 0.15) is 11.3 Å². The average Bonchev–Trinajstić information content (AvgIpc) is 2.62. The number of nitrogens with one attached hydrogen (secondary N) is 1. The summed E-state index contributed by atoms with van der Waals surface area (Å²) < 4.78 is 18.4. The molecule has 2 aromatic rings. The van der Waals surface area contributed by atoms with Crippen molar-refractivity contribution in [2.75, 3.05) is 7.11 Å². The second-order valence-corrected chi connectivity index (χ2v) is 3.06. The molecule has 1 N–H and O–H groups in total. The van der Waals surface area contributed by atoms with Crippen molar-refractivity contribution in [2.24, 2.45) is 0 Å². The van der Waals surface area contributed by atoms with Gasteiger partial charge < -0.3 is 9.72 Å². The topological polar surface area (TPSA) is 37.9 Å². The van der Waals surface area contributed by atoms with E-state index in [0.29, 0.717) is 11.3 Å². The zero-order valence-corrected chi connectivity index (χ0v) is 8.23. The lowest BCUT2D eigenvalue weighted by Gasteiger charge is -1.99. The van der Waals surface area contributed by atoms with E-state index in [1.54, 1.807) is 12.1 Å². The van der Waals surface area contributed by atoms with E-state index in [2.05, 4.69) is 9.97 Å². The van der Waals surface area contributed by atoms with Crippen LogP contribution in [-0.4, -0.2) is 17.1 Å². The van der Waals surface area contributed by atoms with E-state index in [0.717, 1.165) is 0 Å². The summed E-state index contributed by atoms with van der Waals surface area (Å²) in [6.45, 7) is 0. The molecule has 1 aromatic carbocycles. The molecule has 0 aliphatic rings. The predicted octanol–water partition coefficient (Wildman–Crippen LogP) is 2.45. The summed E-state index contributed by atoms with van der Waals surface area (Å²) >= 11 is 5.58. The number of hydrogen-bond acceptors (Lipinski definition) is 2. The number of rotatable bonds is 2. The summed E-state index contributed by atoms with van der Waals surface area (Å²) in [7, 11) is 1.42. The van der Waals surface area contributed by atoms with Crippen LogP contribution < -0.4 is 4.74 Å². The Kier molecular flexibility index (Phi) is 2.29. The Labute approximate surface area is 84.9 Å². The Balaban J connectivity index is 2.68. The molecule has 0 radical (unpaired) electrons. The predicted molar refractivity (Wildman–Crippen MR) is 52.2 cm³/mol. The van der Waals surface area contributed by atoms with Crippen molar-refractivity contribution in [1.29, 1.82) is 0 Å². The zero-order chi connectivity index (χ0) is 10.1. The molecule has 0 aliphatic heterocycles. The van der Waals surface area contributed by atoms with Crippen LogP contribution in [0.1, 0.15) is 5.82 Å². The van der Waals surface area contributed by atoms with Crippen LogP contribution in [0, 0.1) is 5.82 Å². The largest absolute Gasteiger partial charge is 0.494 e. The van der Waals surface area contributed by atoms with Crippen LogP contribution >= 0.6 is 11.6 Å². The summed E-state index contributed by atoms with van der Waals surface area (Å²) in [6, 6.07) is 3.26. The number of nitrogens with zero attached hydrogens (tertiary/aromatic N) is 1. The minimum Gasteiger partial charge on any atom is -0.494 e. The zero-order valence-electron chi connectivity index (χ0n) is 7.47. The molecule has 3 nitrogen and oxygen atoms in total. The van der Waals surface area contributed by atoms with Crippen LogP contribution in [0.3, 0.4) is 0 Å². The lowest BCUT2D eigenvalue weighted by atomic mass is 10.3. The second-order valence-electron chi connectivity index (χ2n) is 2.80. The molecule has 0 saturated carbocycles. The number of hydrogen-bond donors (Lipinski definition) is 1. The number of ether oxygens (including phenoxy) is 1. The Morgan fingerprint density at radius 3 is 3.00 bits per heavy atom. The van der Waals surface area contributed by atoms with Crippen molar-refractivity contribution in [3.63, 3.8) is 0 Å². The van der Waals surface area contributed by atoms with Crippen LogP contribution in [0.15, 0.2) is 12.1 Å². The van der Waals surface area contributed by atoms with Crippen LogP contribution in [-0.2, 0) is 5.88 Å². The van der Waals surface area contributed by atoms with Gasteiger partial charge in [0.2, 0.25) is 0 Å². The maximum absolute atomic E-state index is 13.6. The number of imidazole rings is 1. The molecule has 0 unspecified atom stereocenters.